The van der Waals surface area contributed by atoms with Crippen molar-refractivity contribution >= 4 is 35.2 Å². The van der Waals surface area contributed by atoms with Gasteiger partial charge in [0.15, 0.2) is 11.5 Å². The average molecular weight is 516 g/mol. The predicted octanol–water partition coefficient (Wildman–Crippen LogP) is 2.68. The molecule has 4 rings (SSSR count). The van der Waals surface area contributed by atoms with E-state index >= 15 is 0 Å². The van der Waals surface area contributed by atoms with Gasteiger partial charge >= 0.3 is 5.97 Å². The van der Waals surface area contributed by atoms with Gasteiger partial charge in [0.05, 0.1) is 5.56 Å². The van der Waals surface area contributed by atoms with Crippen molar-refractivity contribution in [2.24, 2.45) is 5.73 Å². The van der Waals surface area contributed by atoms with Crippen molar-refractivity contribution in [2.45, 2.75) is 25.5 Å². The Kier molecular flexibility index (Phi) is 8.27. The van der Waals surface area contributed by atoms with E-state index in [1.165, 1.54) is 6.08 Å². The molecule has 3 N–H and O–H groups in total. The van der Waals surface area contributed by atoms with E-state index in [0.29, 0.717) is 24.3 Å². The number of likely N-dealkylation sites (N-methyl/N-ethyl adjacent to an activating group) is 1. The molecule has 0 spiro atoms. The number of hydrogen-bond donors (Lipinski definition) is 2. The summed E-state index contributed by atoms with van der Waals surface area (Å²) in [4.78, 5) is 44.8. The number of piperidine rings is 1. The van der Waals surface area contributed by atoms with Crippen molar-refractivity contribution in [1.29, 1.82) is 0 Å². The molecule has 1 aliphatic rings. The van der Waals surface area contributed by atoms with Crippen LogP contribution in [0.1, 0.15) is 39.3 Å². The molecular formula is C27H29N7O4. The molecule has 3 aromatic rings. The van der Waals surface area contributed by atoms with Crippen LogP contribution in [0.15, 0.2) is 67.3 Å². The summed E-state index contributed by atoms with van der Waals surface area (Å²) in [5.74, 6) is -1.08. The van der Waals surface area contributed by atoms with E-state index in [0.717, 1.165) is 18.4 Å². The van der Waals surface area contributed by atoms with Crippen LogP contribution in [-0.2, 0) is 16.1 Å². The third-order valence-electron chi connectivity index (χ3n) is 6.23. The van der Waals surface area contributed by atoms with E-state index < -0.39 is 11.9 Å². The van der Waals surface area contributed by atoms with Crippen LogP contribution in [-0.4, -0.2) is 64.0 Å². The van der Waals surface area contributed by atoms with Gasteiger partial charge < -0.3 is 25.6 Å². The number of carbonyl (C=O) groups excluding carboxylic acids is 3. The van der Waals surface area contributed by atoms with Gasteiger partial charge in [-0.15, -0.1) is 10.2 Å². The fraction of sp³-hybridized carbons (Fsp3) is 0.259. The number of nitrogens with one attached hydrogen (secondary N) is 1. The molecule has 0 aliphatic carbocycles. The van der Waals surface area contributed by atoms with Crippen molar-refractivity contribution in [3.8, 4) is 0 Å². The first-order chi connectivity index (χ1) is 18.4. The second-order valence-electron chi connectivity index (χ2n) is 8.84. The van der Waals surface area contributed by atoms with E-state index in [4.69, 9.17) is 10.5 Å². The summed E-state index contributed by atoms with van der Waals surface area (Å²) >= 11 is 0. The van der Waals surface area contributed by atoms with Gasteiger partial charge in [-0.25, -0.2) is 4.79 Å². The van der Waals surface area contributed by atoms with Gasteiger partial charge in [0.2, 0.25) is 11.9 Å². The Balaban J connectivity index is 1.51. The topological polar surface area (TPSA) is 144 Å². The van der Waals surface area contributed by atoms with Crippen molar-refractivity contribution < 1.29 is 19.1 Å². The fourth-order valence-corrected chi connectivity index (χ4v) is 4.15. The van der Waals surface area contributed by atoms with Crippen molar-refractivity contribution in [3.05, 3.63) is 84.1 Å². The Hall–Kier alpha value is -4.80. The molecule has 1 aromatic heterocycles. The zero-order valence-electron chi connectivity index (χ0n) is 21.0. The van der Waals surface area contributed by atoms with Crippen LogP contribution in [0.4, 0.5) is 17.5 Å². The van der Waals surface area contributed by atoms with E-state index in [2.05, 4.69) is 27.1 Å². The maximum absolute atomic E-state index is 12.6. The summed E-state index contributed by atoms with van der Waals surface area (Å²) in [7, 11) is 1.81. The van der Waals surface area contributed by atoms with Gasteiger partial charge in [0, 0.05) is 31.9 Å². The lowest BCUT2D eigenvalue weighted by Gasteiger charge is -2.37. The molecule has 1 atom stereocenters. The summed E-state index contributed by atoms with van der Waals surface area (Å²) in [6, 6.07) is 15.9. The van der Waals surface area contributed by atoms with Crippen LogP contribution in [0.25, 0.3) is 0 Å². The molecule has 38 heavy (non-hydrogen) atoms. The minimum atomic E-state index is -0.805. The lowest BCUT2D eigenvalue weighted by Crippen LogP contribution is -2.48. The van der Waals surface area contributed by atoms with Crippen LogP contribution in [0.5, 0.6) is 0 Å². The summed E-state index contributed by atoms with van der Waals surface area (Å²) in [5, 5.41) is 11.1. The van der Waals surface area contributed by atoms with Crippen LogP contribution in [0.3, 0.4) is 0 Å². The Morgan fingerprint density at radius 1 is 1.18 bits per heavy atom. The molecule has 0 bridgehead atoms. The van der Waals surface area contributed by atoms with Gasteiger partial charge in [0.1, 0.15) is 6.61 Å². The maximum atomic E-state index is 12.6. The summed E-state index contributed by atoms with van der Waals surface area (Å²) in [5.41, 5.74) is 7.04. The number of ether oxygens (including phenoxy) is 1. The number of hydrogen-bond acceptors (Lipinski definition) is 9. The number of nitrogens with two attached hydrogens (primary N) is 1. The lowest BCUT2D eigenvalue weighted by molar-refractivity contribution is -0.127. The first kappa shape index (κ1) is 26.3. The Morgan fingerprint density at radius 2 is 1.97 bits per heavy atom. The van der Waals surface area contributed by atoms with E-state index in [9.17, 15) is 14.4 Å². The van der Waals surface area contributed by atoms with Crippen molar-refractivity contribution in [3.63, 3.8) is 0 Å². The Labute approximate surface area is 220 Å². The molecule has 196 valence electrons. The van der Waals surface area contributed by atoms with Gasteiger partial charge in [-0.05, 0) is 42.7 Å². The quantitative estimate of drug-likeness (QED) is 0.325. The fourth-order valence-electron chi connectivity index (χ4n) is 4.15. The number of rotatable bonds is 9. The molecule has 0 unspecified atom stereocenters. The number of likely N-dealkylation sites (tertiary alicyclic amines) is 1. The first-order valence-electron chi connectivity index (χ1n) is 12.1. The number of carbonyl (C=O) groups is 3. The number of nitrogens with zero attached hydrogens (tertiary/aromatic N) is 5. The molecule has 11 heteroatoms. The second kappa shape index (κ2) is 12.0. The molecule has 11 nitrogen and oxygen atoms in total. The van der Waals surface area contributed by atoms with Gasteiger partial charge in [-0.2, -0.15) is 4.98 Å². The number of aromatic nitrogens is 3. The molecule has 1 saturated heterocycles. The highest BCUT2D eigenvalue weighted by Crippen LogP contribution is 2.23. The highest BCUT2D eigenvalue weighted by Gasteiger charge is 2.27. The molecule has 1 aliphatic heterocycles. The average Bonchev–Trinajstić information content (AvgIpc) is 2.95. The summed E-state index contributed by atoms with van der Waals surface area (Å²) < 4.78 is 5.41. The highest BCUT2D eigenvalue weighted by molar-refractivity contribution is 5.96. The van der Waals surface area contributed by atoms with Crippen molar-refractivity contribution in [1.82, 2.24) is 20.1 Å². The third-order valence-corrected chi connectivity index (χ3v) is 6.23. The van der Waals surface area contributed by atoms with Gasteiger partial charge in [-0.1, -0.05) is 43.0 Å². The molecule has 2 amide bonds. The van der Waals surface area contributed by atoms with Crippen LogP contribution in [0, 0.1) is 0 Å². The van der Waals surface area contributed by atoms with Crippen LogP contribution < -0.4 is 16.0 Å². The molecular weight excluding hydrogens is 486 g/mol. The largest absolute Gasteiger partial charge is 0.457 e. The highest BCUT2D eigenvalue weighted by atomic mass is 16.5. The second-order valence-corrected chi connectivity index (χ2v) is 8.84. The summed E-state index contributed by atoms with van der Waals surface area (Å²) in [6.45, 7) is 4.85. The Bertz CT molecular complexity index is 1330. The number of anilines is 3. The molecule has 0 saturated carbocycles. The van der Waals surface area contributed by atoms with E-state index in [1.807, 2.05) is 35.2 Å². The number of amides is 2. The number of benzene rings is 2. The minimum absolute atomic E-state index is 0.0514. The smallest absolute Gasteiger partial charge is 0.338 e. The zero-order chi connectivity index (χ0) is 27.1. The number of esters is 1. The third kappa shape index (κ3) is 6.30. The number of primary amides is 1. The summed E-state index contributed by atoms with van der Waals surface area (Å²) in [6.07, 6.45) is 2.95. The minimum Gasteiger partial charge on any atom is -0.457 e. The predicted molar refractivity (Wildman–Crippen MR) is 142 cm³/mol. The van der Waals surface area contributed by atoms with E-state index in [-0.39, 0.29) is 36.0 Å². The van der Waals surface area contributed by atoms with Crippen LogP contribution >= 0.6 is 0 Å². The van der Waals surface area contributed by atoms with Gasteiger partial charge in [-0.3, -0.25) is 9.59 Å². The van der Waals surface area contributed by atoms with Crippen molar-refractivity contribution in [2.75, 3.05) is 30.4 Å². The first-order valence-corrected chi connectivity index (χ1v) is 12.1. The normalized spacial score (nSPS) is 14.9. The van der Waals surface area contributed by atoms with Crippen LogP contribution in [0.2, 0.25) is 0 Å². The SMILES string of the molecule is C=CC(=O)N1CCC[C@@H](N(C)c2nnc(C(N)=O)c(Nc3cccc(C(=O)OCc4ccccc4)c3)n2)C1. The van der Waals surface area contributed by atoms with Gasteiger partial charge in [0.25, 0.3) is 5.91 Å². The molecule has 2 aromatic carbocycles. The van der Waals surface area contributed by atoms with E-state index in [1.54, 1.807) is 36.2 Å². The zero-order valence-corrected chi connectivity index (χ0v) is 21.0. The maximum Gasteiger partial charge on any atom is 0.338 e. The standard InChI is InChI=1S/C27H29N7O4/c1-3-22(35)34-14-8-13-21(16-34)33(2)27-30-25(23(24(28)36)31-32-27)29-20-12-7-11-19(15-20)26(37)38-17-18-9-5-4-6-10-18/h3-7,9-12,15,21H,1,8,13-14,16-17H2,2H3,(H2,28,36)(H,29,30,32)/t21-/m1/s1. The monoisotopic (exact) mass is 515 g/mol. The molecule has 2 heterocycles. The Morgan fingerprint density at radius 3 is 2.71 bits per heavy atom. The lowest BCUT2D eigenvalue weighted by atomic mass is 10.0. The molecule has 1 fully saturated rings. The molecule has 0 radical (unpaired) electrons.